The van der Waals surface area contributed by atoms with Gasteiger partial charge in [0.2, 0.25) is 11.8 Å². The Bertz CT molecular complexity index is 1180. The number of hydrogen-bond donors (Lipinski definition) is 5. The maximum absolute atomic E-state index is 12.0. The number of alkyl carbamates (subject to hydrolysis) is 1. The van der Waals surface area contributed by atoms with E-state index in [0.29, 0.717) is 6.42 Å². The highest BCUT2D eigenvalue weighted by Crippen LogP contribution is 2.24. The monoisotopic (exact) mass is 532 g/mol. The summed E-state index contributed by atoms with van der Waals surface area (Å²) in [5.41, 5.74) is 8.79. The molecule has 39 heavy (non-hydrogen) atoms. The molecule has 2 aliphatic heterocycles. The second-order valence-electron chi connectivity index (χ2n) is 9.11. The van der Waals surface area contributed by atoms with Crippen LogP contribution in [0.15, 0.2) is 91.0 Å². The summed E-state index contributed by atoms with van der Waals surface area (Å²) in [4.78, 5) is 34.7. The molecule has 0 bridgehead atoms. The maximum atomic E-state index is 12.0. The molecule has 206 valence electrons. The normalized spacial score (nSPS) is 21.3. The average molecular weight is 533 g/mol. The predicted molar refractivity (Wildman–Crippen MR) is 148 cm³/mol. The van der Waals surface area contributed by atoms with Gasteiger partial charge >= 0.3 is 6.09 Å². The van der Waals surface area contributed by atoms with Crippen LogP contribution in [0.2, 0.25) is 0 Å². The number of rotatable bonds is 5. The molecule has 2 fully saturated rings. The van der Waals surface area contributed by atoms with Crippen LogP contribution in [-0.4, -0.2) is 41.7 Å². The summed E-state index contributed by atoms with van der Waals surface area (Å²) in [6.07, 6.45) is 0.163. The van der Waals surface area contributed by atoms with Gasteiger partial charge in [-0.25, -0.2) is 4.79 Å². The molecule has 9 heteroatoms. The van der Waals surface area contributed by atoms with Crippen LogP contribution >= 0.6 is 0 Å². The SMILES string of the molecule is CCO.N[C@H]1CC(=O)N[C@@H]1c1ccccc1.O=C1C[C@H](NC(=O)OCc2ccccc2)[C@@H](c2ccccc2)N1. The lowest BCUT2D eigenvalue weighted by Crippen LogP contribution is -2.38. The minimum absolute atomic E-state index is 0.00583. The largest absolute Gasteiger partial charge is 0.445 e. The molecular weight excluding hydrogens is 496 g/mol. The smallest absolute Gasteiger partial charge is 0.407 e. The van der Waals surface area contributed by atoms with E-state index in [0.717, 1.165) is 16.7 Å². The first-order valence-electron chi connectivity index (χ1n) is 12.9. The first kappa shape index (κ1) is 29.3. The van der Waals surface area contributed by atoms with Crippen molar-refractivity contribution in [2.24, 2.45) is 5.73 Å². The fraction of sp³-hybridized carbons (Fsp3) is 0.300. The molecule has 0 radical (unpaired) electrons. The van der Waals surface area contributed by atoms with Crippen LogP contribution in [-0.2, 0) is 20.9 Å². The van der Waals surface area contributed by atoms with E-state index in [1.165, 1.54) is 0 Å². The van der Waals surface area contributed by atoms with Crippen molar-refractivity contribution in [2.75, 3.05) is 6.61 Å². The second kappa shape index (κ2) is 15.3. The van der Waals surface area contributed by atoms with Gasteiger partial charge in [0.25, 0.3) is 0 Å². The van der Waals surface area contributed by atoms with Crippen molar-refractivity contribution in [1.29, 1.82) is 0 Å². The third-order valence-corrected chi connectivity index (χ3v) is 6.12. The third kappa shape index (κ3) is 9.24. The summed E-state index contributed by atoms with van der Waals surface area (Å²) in [5, 5.41) is 16.1. The molecule has 3 aromatic carbocycles. The van der Waals surface area contributed by atoms with Gasteiger partial charge in [-0.05, 0) is 23.6 Å². The minimum atomic E-state index is -0.517. The number of nitrogens with one attached hydrogen (secondary N) is 3. The maximum Gasteiger partial charge on any atom is 0.407 e. The summed E-state index contributed by atoms with van der Waals surface area (Å²) in [6, 6.07) is 28.2. The zero-order chi connectivity index (χ0) is 28.0. The quantitative estimate of drug-likeness (QED) is 0.342. The van der Waals surface area contributed by atoms with E-state index in [-0.39, 0.29) is 55.6 Å². The average Bonchev–Trinajstić information content (AvgIpc) is 3.49. The van der Waals surface area contributed by atoms with Gasteiger partial charge in [0.1, 0.15) is 6.61 Å². The number of ether oxygens (including phenoxy) is 1. The Morgan fingerprint density at radius 3 is 1.82 bits per heavy atom. The van der Waals surface area contributed by atoms with Gasteiger partial charge in [-0.3, -0.25) is 9.59 Å². The number of aliphatic hydroxyl groups excluding tert-OH is 1. The standard InChI is InChI=1S/C18H18N2O3.C10H12N2O.C2H6O/c21-16-11-15(17(20-16)14-9-5-2-6-10-14)19-18(22)23-12-13-7-3-1-4-8-13;11-8-6-9(13)12-10(8)7-4-2-1-3-5-7;1-2-3/h1-10,15,17H,11-12H2,(H,19,22)(H,20,21);1-5,8,10H,6,11H2,(H,12,13);3H,2H2,1H3/t15-,17+;8-,10+;/m00./s1. The van der Waals surface area contributed by atoms with E-state index >= 15 is 0 Å². The molecule has 6 N–H and O–H groups in total. The Balaban J connectivity index is 0.000000221. The zero-order valence-corrected chi connectivity index (χ0v) is 22.0. The highest BCUT2D eigenvalue weighted by atomic mass is 16.5. The lowest BCUT2D eigenvalue weighted by Gasteiger charge is -2.20. The Morgan fingerprint density at radius 1 is 0.846 bits per heavy atom. The molecule has 9 nitrogen and oxygen atoms in total. The molecule has 2 heterocycles. The fourth-order valence-corrected chi connectivity index (χ4v) is 4.34. The molecule has 3 amide bonds. The Labute approximate surface area is 228 Å². The van der Waals surface area contributed by atoms with E-state index in [1.54, 1.807) is 6.92 Å². The molecular formula is C30H36N4O5. The number of carbonyl (C=O) groups is 3. The van der Waals surface area contributed by atoms with Crippen molar-refractivity contribution < 1.29 is 24.2 Å². The van der Waals surface area contributed by atoms with Crippen molar-refractivity contribution in [3.05, 3.63) is 108 Å². The molecule has 2 aliphatic rings. The molecule has 4 atom stereocenters. The highest BCUT2D eigenvalue weighted by molar-refractivity contribution is 5.81. The van der Waals surface area contributed by atoms with Gasteiger partial charge in [0, 0.05) is 25.5 Å². The topological polar surface area (TPSA) is 143 Å². The molecule has 0 saturated carbocycles. The first-order valence-corrected chi connectivity index (χ1v) is 12.9. The van der Waals surface area contributed by atoms with Crippen LogP contribution in [0.1, 0.15) is 48.5 Å². The van der Waals surface area contributed by atoms with Gasteiger partial charge in [0.05, 0.1) is 18.1 Å². The van der Waals surface area contributed by atoms with Gasteiger partial charge in [0.15, 0.2) is 0 Å². The van der Waals surface area contributed by atoms with Crippen molar-refractivity contribution >= 4 is 17.9 Å². The van der Waals surface area contributed by atoms with E-state index < -0.39 is 6.09 Å². The predicted octanol–water partition coefficient (Wildman–Crippen LogP) is 3.12. The van der Waals surface area contributed by atoms with Gasteiger partial charge < -0.3 is 31.5 Å². The van der Waals surface area contributed by atoms with Gasteiger partial charge in [-0.15, -0.1) is 0 Å². The molecule has 2 saturated heterocycles. The fourth-order valence-electron chi connectivity index (χ4n) is 4.34. The second-order valence-corrected chi connectivity index (χ2v) is 9.11. The third-order valence-electron chi connectivity index (χ3n) is 6.12. The molecule has 0 unspecified atom stereocenters. The number of carbonyl (C=O) groups excluding carboxylic acids is 3. The van der Waals surface area contributed by atoms with Gasteiger partial charge in [-0.2, -0.15) is 0 Å². The van der Waals surface area contributed by atoms with Crippen LogP contribution in [0, 0.1) is 0 Å². The highest BCUT2D eigenvalue weighted by Gasteiger charge is 2.34. The Morgan fingerprint density at radius 2 is 1.31 bits per heavy atom. The lowest BCUT2D eigenvalue weighted by molar-refractivity contribution is -0.120. The van der Waals surface area contributed by atoms with Crippen LogP contribution in [0.4, 0.5) is 4.79 Å². The van der Waals surface area contributed by atoms with Crippen LogP contribution in [0.3, 0.4) is 0 Å². The molecule has 3 aromatic rings. The van der Waals surface area contributed by atoms with E-state index in [9.17, 15) is 14.4 Å². The molecule has 0 aliphatic carbocycles. The molecule has 0 spiro atoms. The summed E-state index contributed by atoms with van der Waals surface area (Å²) >= 11 is 0. The number of hydrogen-bond acceptors (Lipinski definition) is 6. The number of benzene rings is 3. The van der Waals surface area contributed by atoms with Crippen molar-refractivity contribution in [3.63, 3.8) is 0 Å². The minimum Gasteiger partial charge on any atom is -0.445 e. The van der Waals surface area contributed by atoms with Crippen LogP contribution in [0.5, 0.6) is 0 Å². The van der Waals surface area contributed by atoms with E-state index in [1.807, 2.05) is 91.0 Å². The number of nitrogens with two attached hydrogens (primary N) is 1. The van der Waals surface area contributed by atoms with Gasteiger partial charge in [-0.1, -0.05) is 91.0 Å². The number of aliphatic hydroxyl groups is 1. The molecule has 5 rings (SSSR count). The summed E-state index contributed by atoms with van der Waals surface area (Å²) in [6.45, 7) is 2.14. The van der Waals surface area contributed by atoms with E-state index in [2.05, 4.69) is 16.0 Å². The summed E-state index contributed by atoms with van der Waals surface area (Å²) < 4.78 is 5.22. The van der Waals surface area contributed by atoms with E-state index in [4.69, 9.17) is 15.6 Å². The van der Waals surface area contributed by atoms with Crippen molar-refractivity contribution in [3.8, 4) is 0 Å². The van der Waals surface area contributed by atoms with Crippen LogP contribution in [0.25, 0.3) is 0 Å². The molecule has 0 aromatic heterocycles. The lowest BCUT2D eigenvalue weighted by atomic mass is 10.0. The number of amides is 3. The summed E-state index contributed by atoms with van der Waals surface area (Å²) in [7, 11) is 0. The van der Waals surface area contributed by atoms with Crippen LogP contribution < -0.4 is 21.7 Å². The summed E-state index contributed by atoms with van der Waals surface area (Å²) in [5.74, 6) is -0.0337. The Hall–Kier alpha value is -4.21. The van der Waals surface area contributed by atoms with Crippen molar-refractivity contribution in [1.82, 2.24) is 16.0 Å². The zero-order valence-electron chi connectivity index (χ0n) is 22.0. The van der Waals surface area contributed by atoms with Crippen molar-refractivity contribution in [2.45, 2.75) is 50.5 Å². The first-order chi connectivity index (χ1) is 18.9. The Kier molecular flexibility index (Phi) is 11.5.